The van der Waals surface area contributed by atoms with E-state index in [-0.39, 0.29) is 11.8 Å². The lowest BCUT2D eigenvalue weighted by Gasteiger charge is -2.33. The molecule has 2 amide bonds. The second kappa shape index (κ2) is 13.7. The summed E-state index contributed by atoms with van der Waals surface area (Å²) in [6.07, 6.45) is 2.07. The van der Waals surface area contributed by atoms with Crippen molar-refractivity contribution in [2.45, 2.75) is 44.9 Å². The Balaban J connectivity index is 1.95. The van der Waals surface area contributed by atoms with Crippen LogP contribution in [0.2, 0.25) is 0 Å². The van der Waals surface area contributed by atoms with E-state index in [9.17, 15) is 9.59 Å². The highest BCUT2D eigenvalue weighted by atomic mass is 16.5. The molecule has 2 N–H and O–H groups in total. The van der Waals surface area contributed by atoms with Gasteiger partial charge >= 0.3 is 0 Å². The Morgan fingerprint density at radius 2 is 1.38 bits per heavy atom. The summed E-state index contributed by atoms with van der Waals surface area (Å²) in [5.41, 5.74) is 6.82. The van der Waals surface area contributed by atoms with Crippen molar-refractivity contribution in [2.75, 3.05) is 60.7 Å². The molecule has 0 radical (unpaired) electrons. The first-order valence-electron chi connectivity index (χ1n) is 13.3. The van der Waals surface area contributed by atoms with Crippen LogP contribution in [-0.4, -0.2) is 77.4 Å². The first-order chi connectivity index (χ1) is 17.9. The summed E-state index contributed by atoms with van der Waals surface area (Å²) in [4.78, 5) is 28.1. The molecule has 0 aliphatic heterocycles. The maximum absolute atomic E-state index is 13.5. The first-order valence-corrected chi connectivity index (χ1v) is 13.3. The van der Waals surface area contributed by atoms with Gasteiger partial charge in [0.15, 0.2) is 0 Å². The van der Waals surface area contributed by atoms with Crippen LogP contribution < -0.4 is 10.6 Å². The molecule has 0 aromatic heterocycles. The Morgan fingerprint density at radius 1 is 0.838 bits per heavy atom. The van der Waals surface area contributed by atoms with Crippen LogP contribution in [0.3, 0.4) is 0 Å². The molecular formula is C30H43N3O4. The quantitative estimate of drug-likeness (QED) is 0.359. The number of hydrogen-bond acceptors (Lipinski definition) is 5. The maximum Gasteiger partial charge on any atom is 0.222 e. The van der Waals surface area contributed by atoms with Crippen LogP contribution in [0, 0.1) is 13.8 Å². The lowest BCUT2D eigenvalue weighted by Crippen LogP contribution is -2.38. The number of nitrogens with one attached hydrogen (secondary N) is 2. The Morgan fingerprint density at radius 3 is 1.89 bits per heavy atom. The van der Waals surface area contributed by atoms with Crippen LogP contribution in [0.25, 0.3) is 11.1 Å². The number of likely N-dealkylation sites (N-methyl/N-ethyl adjacent to an activating group) is 1. The number of methoxy groups -OCH3 is 2. The van der Waals surface area contributed by atoms with Crippen molar-refractivity contribution in [3.8, 4) is 11.1 Å². The van der Waals surface area contributed by atoms with Crippen LogP contribution >= 0.6 is 0 Å². The highest BCUT2D eigenvalue weighted by Gasteiger charge is 2.43. The number of ether oxygens (including phenoxy) is 2. The average Bonchev–Trinajstić information content (AvgIpc) is 3.14. The second-order valence-electron chi connectivity index (χ2n) is 10.0. The molecule has 1 aliphatic rings. The molecular weight excluding hydrogens is 466 g/mol. The summed E-state index contributed by atoms with van der Waals surface area (Å²) < 4.78 is 10.5. The second-order valence-corrected chi connectivity index (χ2v) is 10.0. The maximum atomic E-state index is 13.5. The molecule has 0 bridgehead atoms. The number of carbonyl (C=O) groups excluding carboxylic acids is 2. The van der Waals surface area contributed by atoms with Crippen LogP contribution in [-0.2, 0) is 24.5 Å². The van der Waals surface area contributed by atoms with Gasteiger partial charge in [-0.1, -0.05) is 47.5 Å². The highest BCUT2D eigenvalue weighted by molar-refractivity contribution is 5.84. The molecule has 0 fully saturated rings. The van der Waals surface area contributed by atoms with Crippen molar-refractivity contribution in [2.24, 2.45) is 0 Å². The van der Waals surface area contributed by atoms with Crippen LogP contribution in [0.15, 0.2) is 36.4 Å². The van der Waals surface area contributed by atoms with E-state index in [0.29, 0.717) is 58.5 Å². The third-order valence-corrected chi connectivity index (χ3v) is 7.40. The molecule has 0 spiro atoms. The number of fused-ring (bicyclic) bond motifs is 3. The molecule has 0 saturated carbocycles. The minimum absolute atomic E-state index is 0.0399. The summed E-state index contributed by atoms with van der Waals surface area (Å²) in [7, 11) is 5.16. The number of rotatable bonds is 15. The van der Waals surface area contributed by atoms with E-state index in [4.69, 9.17) is 9.47 Å². The van der Waals surface area contributed by atoms with Gasteiger partial charge in [0.25, 0.3) is 0 Å². The Kier molecular flexibility index (Phi) is 10.7. The molecule has 1 aliphatic carbocycles. The minimum atomic E-state index is -0.410. The number of carbonyl (C=O) groups is 2. The largest absolute Gasteiger partial charge is 0.383 e. The van der Waals surface area contributed by atoms with Crippen molar-refractivity contribution in [1.29, 1.82) is 0 Å². The fourth-order valence-corrected chi connectivity index (χ4v) is 5.37. The molecule has 0 unspecified atom stereocenters. The number of benzene rings is 2. The average molecular weight is 510 g/mol. The van der Waals surface area contributed by atoms with Crippen molar-refractivity contribution < 1.29 is 19.1 Å². The Labute approximate surface area is 221 Å². The van der Waals surface area contributed by atoms with E-state index in [0.717, 1.165) is 6.54 Å². The van der Waals surface area contributed by atoms with Crippen LogP contribution in [0.1, 0.15) is 47.9 Å². The molecule has 37 heavy (non-hydrogen) atoms. The monoisotopic (exact) mass is 509 g/mol. The standard InChI is InChI=1S/C30H43N3O4/c1-22-6-8-24-25-9-7-23(2)21-27(25)30(26(24)20-22,12-10-28(34)32-15-14-31-3)13-11-29(35)33(16-18-36-4)17-19-37-5/h6-9,20-21,31H,10-19H2,1-5H3,(H,32,34). The molecule has 2 aromatic carbocycles. The van der Waals surface area contributed by atoms with Gasteiger partial charge in [-0.25, -0.2) is 0 Å². The molecule has 7 heteroatoms. The van der Waals surface area contributed by atoms with Crippen molar-refractivity contribution in [3.63, 3.8) is 0 Å². The van der Waals surface area contributed by atoms with E-state index in [2.05, 4.69) is 60.9 Å². The van der Waals surface area contributed by atoms with Crippen LogP contribution in [0.4, 0.5) is 0 Å². The van der Waals surface area contributed by atoms with Gasteiger partial charge < -0.3 is 25.0 Å². The lowest BCUT2D eigenvalue weighted by atomic mass is 9.70. The number of hydrogen-bond donors (Lipinski definition) is 2. The summed E-state index contributed by atoms with van der Waals surface area (Å²) >= 11 is 0. The topological polar surface area (TPSA) is 79.9 Å². The zero-order valence-electron chi connectivity index (χ0n) is 23.1. The number of nitrogens with zero attached hydrogens (tertiary/aromatic N) is 1. The summed E-state index contributed by atoms with van der Waals surface area (Å²) in [5.74, 6) is 0.125. The van der Waals surface area contributed by atoms with E-state index in [1.165, 1.54) is 33.4 Å². The number of aryl methyl sites for hydroxylation is 2. The SMILES string of the molecule is CNCCNC(=O)CCC1(CCC(=O)N(CCOC)CCOC)c2cc(C)ccc2-c2ccc(C)cc21. The fourth-order valence-electron chi connectivity index (χ4n) is 5.37. The van der Waals surface area contributed by atoms with Crippen LogP contribution in [0.5, 0.6) is 0 Å². The lowest BCUT2D eigenvalue weighted by molar-refractivity contribution is -0.132. The first kappa shape index (κ1) is 28.8. The molecule has 0 saturated heterocycles. The molecule has 2 aromatic rings. The van der Waals surface area contributed by atoms with E-state index < -0.39 is 5.41 Å². The van der Waals surface area contributed by atoms with Gasteiger partial charge in [-0.05, 0) is 56.0 Å². The van der Waals surface area contributed by atoms with Gasteiger partial charge in [0.05, 0.1) is 13.2 Å². The van der Waals surface area contributed by atoms with Gasteiger partial charge in [-0.15, -0.1) is 0 Å². The predicted molar refractivity (Wildman–Crippen MR) is 148 cm³/mol. The van der Waals surface area contributed by atoms with Crippen molar-refractivity contribution in [3.05, 3.63) is 58.7 Å². The van der Waals surface area contributed by atoms with E-state index >= 15 is 0 Å². The normalized spacial score (nSPS) is 13.2. The van der Waals surface area contributed by atoms with Gasteiger partial charge in [0.1, 0.15) is 0 Å². The van der Waals surface area contributed by atoms with E-state index in [1.807, 2.05) is 11.9 Å². The fraction of sp³-hybridized carbons (Fsp3) is 0.533. The highest BCUT2D eigenvalue weighted by Crippen LogP contribution is 2.54. The van der Waals surface area contributed by atoms with Gasteiger partial charge in [-0.3, -0.25) is 9.59 Å². The summed E-state index contributed by atoms with van der Waals surface area (Å²) in [6, 6.07) is 13.2. The zero-order chi connectivity index (χ0) is 26.8. The summed E-state index contributed by atoms with van der Waals surface area (Å²) in [6.45, 7) is 7.57. The van der Waals surface area contributed by atoms with Gasteiger partial charge in [0.2, 0.25) is 11.8 Å². The van der Waals surface area contributed by atoms with Crippen molar-refractivity contribution >= 4 is 11.8 Å². The smallest absolute Gasteiger partial charge is 0.222 e. The zero-order valence-corrected chi connectivity index (χ0v) is 23.1. The third-order valence-electron chi connectivity index (χ3n) is 7.40. The third kappa shape index (κ3) is 6.98. The molecule has 0 heterocycles. The molecule has 3 rings (SSSR count). The Bertz CT molecular complexity index is 1010. The van der Waals surface area contributed by atoms with Gasteiger partial charge in [-0.2, -0.15) is 0 Å². The van der Waals surface area contributed by atoms with E-state index in [1.54, 1.807) is 14.2 Å². The Hall–Kier alpha value is -2.74. The minimum Gasteiger partial charge on any atom is -0.383 e. The number of amides is 2. The van der Waals surface area contributed by atoms with Gasteiger partial charge in [0, 0.05) is 58.7 Å². The van der Waals surface area contributed by atoms with Crippen molar-refractivity contribution in [1.82, 2.24) is 15.5 Å². The molecule has 7 nitrogen and oxygen atoms in total. The molecule has 202 valence electrons. The predicted octanol–water partition coefficient (Wildman–Crippen LogP) is 3.59. The molecule has 0 atom stereocenters. The summed E-state index contributed by atoms with van der Waals surface area (Å²) in [5, 5.41) is 6.08.